The molecule has 0 radical (unpaired) electrons. The van der Waals surface area contributed by atoms with Crippen molar-refractivity contribution >= 4 is 10.8 Å². The van der Waals surface area contributed by atoms with Crippen molar-refractivity contribution in [3.05, 3.63) is 96.7 Å². The number of aryl methyl sites for hydroxylation is 1. The predicted octanol–water partition coefficient (Wildman–Crippen LogP) is 7.86. The van der Waals surface area contributed by atoms with Gasteiger partial charge in [-0.1, -0.05) is 42.5 Å². The lowest BCUT2D eigenvalue weighted by atomic mass is 9.91. The van der Waals surface area contributed by atoms with Crippen LogP contribution in [0.15, 0.2) is 91.1 Å². The molecule has 1 heterocycles. The quantitative estimate of drug-likeness (QED) is 0.244. The van der Waals surface area contributed by atoms with Crippen LogP contribution in [-0.2, 0) is 6.42 Å². The van der Waals surface area contributed by atoms with Crippen LogP contribution in [0.2, 0.25) is 0 Å². The molecule has 1 saturated heterocycles. The summed E-state index contributed by atoms with van der Waals surface area (Å²) >= 11 is 0. The first-order valence-electron chi connectivity index (χ1n) is 12.7. The summed E-state index contributed by atoms with van der Waals surface area (Å²) in [6, 6.07) is 26.7. The van der Waals surface area contributed by atoms with E-state index in [1.54, 1.807) is 14.2 Å². The molecule has 0 amide bonds. The number of rotatable bonds is 9. The Balaban J connectivity index is 1.62. The highest BCUT2D eigenvalue weighted by atomic mass is 16.5. The van der Waals surface area contributed by atoms with Gasteiger partial charge in [-0.25, -0.2) is 0 Å². The fourth-order valence-corrected chi connectivity index (χ4v) is 4.87. The van der Waals surface area contributed by atoms with Crippen molar-refractivity contribution in [2.45, 2.75) is 25.7 Å². The van der Waals surface area contributed by atoms with Gasteiger partial charge in [-0.3, -0.25) is 0 Å². The first-order valence-corrected chi connectivity index (χ1v) is 12.7. The molecule has 0 saturated carbocycles. The van der Waals surface area contributed by atoms with Crippen LogP contribution in [-0.4, -0.2) is 32.2 Å². The topological polar surface area (TPSA) is 30.9 Å². The van der Waals surface area contributed by atoms with Gasteiger partial charge in [0.25, 0.3) is 0 Å². The summed E-state index contributed by atoms with van der Waals surface area (Å²) in [5, 5.41) is 2.16. The van der Waals surface area contributed by atoms with Gasteiger partial charge in [0.2, 0.25) is 0 Å². The van der Waals surface area contributed by atoms with Gasteiger partial charge in [0.15, 0.2) is 0 Å². The zero-order valence-electron chi connectivity index (χ0n) is 21.1. The summed E-state index contributed by atoms with van der Waals surface area (Å²) in [7, 11) is 3.40. The van der Waals surface area contributed by atoms with Crippen LogP contribution in [0.4, 0.5) is 0 Å². The van der Waals surface area contributed by atoms with E-state index < -0.39 is 0 Å². The Morgan fingerprint density at radius 3 is 2.22 bits per heavy atom. The number of hydrogen-bond donors (Lipinski definition) is 0. The lowest BCUT2D eigenvalue weighted by molar-refractivity contribution is 0.415. The molecule has 4 aromatic rings. The third-order valence-corrected chi connectivity index (χ3v) is 6.76. The molecule has 5 rings (SSSR count). The number of nitrogens with zero attached hydrogens (tertiary/aromatic N) is 1. The average Bonchev–Trinajstić information content (AvgIpc) is 3.45. The van der Waals surface area contributed by atoms with Crippen molar-refractivity contribution in [1.82, 2.24) is 4.90 Å². The number of fused-ring (bicyclic) bond motifs is 1. The maximum Gasteiger partial charge on any atom is 0.143 e. The normalized spacial score (nSPS) is 13.4. The molecule has 0 N–H and O–H groups in total. The van der Waals surface area contributed by atoms with Gasteiger partial charge in [-0.2, -0.15) is 0 Å². The number of hydrogen-bond acceptors (Lipinski definition) is 4. The van der Waals surface area contributed by atoms with Crippen LogP contribution in [0.25, 0.3) is 21.9 Å². The molecule has 0 spiro atoms. The molecule has 0 bridgehead atoms. The highest BCUT2D eigenvalue weighted by molar-refractivity contribution is 5.98. The van der Waals surface area contributed by atoms with Crippen LogP contribution in [0.1, 0.15) is 24.8 Å². The van der Waals surface area contributed by atoms with Crippen LogP contribution >= 0.6 is 0 Å². The lowest BCUT2D eigenvalue weighted by Crippen LogP contribution is -2.10. The van der Waals surface area contributed by atoms with Gasteiger partial charge in [-0.05, 0) is 90.9 Å². The largest absolute Gasteiger partial charge is 0.497 e. The molecular weight excluding hydrogens is 446 g/mol. The maximum absolute atomic E-state index is 6.64. The number of methoxy groups -OCH3 is 2. The van der Waals surface area contributed by atoms with Crippen molar-refractivity contribution in [2.75, 3.05) is 27.3 Å². The van der Waals surface area contributed by atoms with E-state index in [1.807, 2.05) is 48.5 Å². The van der Waals surface area contributed by atoms with Gasteiger partial charge >= 0.3 is 0 Å². The number of allylic oxidation sites excluding steroid dienone is 1. The van der Waals surface area contributed by atoms with Crippen molar-refractivity contribution in [3.63, 3.8) is 0 Å². The average molecular weight is 480 g/mol. The van der Waals surface area contributed by atoms with Gasteiger partial charge in [0, 0.05) is 24.0 Å². The van der Waals surface area contributed by atoms with Crippen LogP contribution in [0, 0.1) is 0 Å². The minimum atomic E-state index is 0.815. The highest BCUT2D eigenvalue weighted by Crippen LogP contribution is 2.44. The Hall–Kier alpha value is -3.92. The van der Waals surface area contributed by atoms with Crippen molar-refractivity contribution in [2.24, 2.45) is 0 Å². The van der Waals surface area contributed by atoms with Crippen molar-refractivity contribution in [3.8, 4) is 34.1 Å². The summed E-state index contributed by atoms with van der Waals surface area (Å²) in [6.07, 6.45) is 9.02. The molecule has 1 fully saturated rings. The summed E-state index contributed by atoms with van der Waals surface area (Å²) < 4.78 is 17.6. The monoisotopic (exact) mass is 479 g/mol. The molecule has 4 aromatic carbocycles. The maximum atomic E-state index is 6.64. The van der Waals surface area contributed by atoms with Crippen molar-refractivity contribution in [1.29, 1.82) is 0 Å². The molecule has 0 unspecified atom stereocenters. The first-order chi connectivity index (χ1) is 17.7. The van der Waals surface area contributed by atoms with E-state index in [0.29, 0.717) is 0 Å². The number of likely N-dealkylation sites (tertiary alicyclic amines) is 1. The Kier molecular flexibility index (Phi) is 7.41. The molecule has 1 aliphatic rings. The van der Waals surface area contributed by atoms with E-state index in [9.17, 15) is 0 Å². The zero-order chi connectivity index (χ0) is 24.7. The third-order valence-electron chi connectivity index (χ3n) is 6.76. The van der Waals surface area contributed by atoms with Crippen LogP contribution in [0.3, 0.4) is 0 Å². The van der Waals surface area contributed by atoms with E-state index in [0.717, 1.165) is 57.7 Å². The second kappa shape index (κ2) is 11.2. The van der Waals surface area contributed by atoms with Crippen molar-refractivity contribution < 1.29 is 14.2 Å². The summed E-state index contributed by atoms with van der Waals surface area (Å²) in [5.74, 6) is 3.36. The molecule has 4 nitrogen and oxygen atoms in total. The first kappa shape index (κ1) is 23.8. The third kappa shape index (κ3) is 5.33. The SMILES string of the molecule is COc1ccc(-c2c(CCC=CN3CCCC3)cc3cc(OC)ccc3c2Oc2ccccc2)cc1. The van der Waals surface area contributed by atoms with E-state index in [-0.39, 0.29) is 0 Å². The smallest absolute Gasteiger partial charge is 0.143 e. The molecule has 0 aromatic heterocycles. The fourth-order valence-electron chi connectivity index (χ4n) is 4.87. The second-order valence-corrected chi connectivity index (χ2v) is 9.14. The van der Waals surface area contributed by atoms with Gasteiger partial charge in [-0.15, -0.1) is 0 Å². The predicted molar refractivity (Wildman–Crippen MR) is 147 cm³/mol. The Labute approximate surface area is 213 Å². The highest BCUT2D eigenvalue weighted by Gasteiger charge is 2.18. The van der Waals surface area contributed by atoms with Crippen LogP contribution < -0.4 is 14.2 Å². The van der Waals surface area contributed by atoms with Gasteiger partial charge < -0.3 is 19.1 Å². The zero-order valence-corrected chi connectivity index (χ0v) is 21.1. The second-order valence-electron chi connectivity index (χ2n) is 9.14. The molecule has 0 atom stereocenters. The van der Waals surface area contributed by atoms with E-state index in [4.69, 9.17) is 14.2 Å². The molecule has 184 valence electrons. The number of para-hydroxylation sites is 1. The minimum absolute atomic E-state index is 0.815. The fraction of sp³-hybridized carbons (Fsp3) is 0.250. The van der Waals surface area contributed by atoms with Gasteiger partial charge in [0.1, 0.15) is 23.0 Å². The van der Waals surface area contributed by atoms with E-state index >= 15 is 0 Å². The number of ether oxygens (including phenoxy) is 3. The van der Waals surface area contributed by atoms with Gasteiger partial charge in [0.05, 0.1) is 14.2 Å². The Morgan fingerprint density at radius 1 is 0.778 bits per heavy atom. The summed E-state index contributed by atoms with van der Waals surface area (Å²) in [6.45, 7) is 2.33. The van der Waals surface area contributed by atoms with E-state index in [2.05, 4.69) is 47.5 Å². The summed E-state index contributed by atoms with van der Waals surface area (Å²) in [5.41, 5.74) is 3.48. The molecule has 0 aliphatic carbocycles. The Morgan fingerprint density at radius 2 is 1.50 bits per heavy atom. The molecular formula is C32H33NO3. The van der Waals surface area contributed by atoms with E-state index in [1.165, 1.54) is 31.5 Å². The lowest BCUT2D eigenvalue weighted by Gasteiger charge is -2.19. The summed E-state index contributed by atoms with van der Waals surface area (Å²) in [4.78, 5) is 2.42. The standard InChI is InChI=1S/C32H33NO3/c1-34-27-15-13-24(14-16-27)31-25(10-6-7-19-33-20-8-9-21-33)22-26-23-29(35-2)17-18-30(26)32(31)36-28-11-4-3-5-12-28/h3-5,7,11-19,22-23H,6,8-10,20-21H2,1-2H3. The minimum Gasteiger partial charge on any atom is -0.497 e. The number of benzene rings is 4. The molecule has 1 aliphatic heterocycles. The van der Waals surface area contributed by atoms with Crippen LogP contribution in [0.5, 0.6) is 23.0 Å². The molecule has 36 heavy (non-hydrogen) atoms. The molecule has 4 heteroatoms. The Bertz CT molecular complexity index is 1320.